The molecule has 0 saturated heterocycles. The zero-order valence-electron chi connectivity index (χ0n) is 5.82. The molecule has 1 unspecified atom stereocenters. The summed E-state index contributed by atoms with van der Waals surface area (Å²) in [7, 11) is -4.32. The maximum Gasteiger partial charge on any atom is 0.671 e. The molecule has 62 valence electrons. The summed E-state index contributed by atoms with van der Waals surface area (Å²) < 4.78 is 4.26. The Kier molecular flexibility index (Phi) is 4.02. The summed E-state index contributed by atoms with van der Waals surface area (Å²) in [5.74, 6) is 0. The molecule has 10 heavy (non-hydrogen) atoms. The molecule has 0 aliphatic carbocycles. The van der Waals surface area contributed by atoms with Crippen LogP contribution in [0.15, 0.2) is 0 Å². The summed E-state index contributed by atoms with van der Waals surface area (Å²) in [6.07, 6.45) is 0.671. The van der Waals surface area contributed by atoms with Crippen molar-refractivity contribution in [2.75, 3.05) is 6.61 Å². The van der Waals surface area contributed by atoms with E-state index in [2.05, 4.69) is 4.43 Å². The van der Waals surface area contributed by atoms with E-state index in [0.717, 1.165) is 0 Å². The quantitative estimate of drug-likeness (QED) is 0.369. The van der Waals surface area contributed by atoms with Crippen LogP contribution in [0.25, 0.3) is 0 Å². The minimum Gasteiger partial charge on any atom is -0.368 e. The van der Waals surface area contributed by atoms with Crippen molar-refractivity contribution in [1.29, 1.82) is 0 Å². The van der Waals surface area contributed by atoms with E-state index in [1.807, 2.05) is 6.92 Å². The third kappa shape index (κ3) is 6.14. The molecule has 5 nitrogen and oxygen atoms in total. The van der Waals surface area contributed by atoms with E-state index >= 15 is 0 Å². The molecule has 0 bridgehead atoms. The smallest absolute Gasteiger partial charge is 0.368 e. The average Bonchev–Trinajstić information content (AvgIpc) is 1.81. The van der Waals surface area contributed by atoms with Gasteiger partial charge in [0.15, 0.2) is 0 Å². The van der Waals surface area contributed by atoms with Gasteiger partial charge in [-0.2, -0.15) is 0 Å². The first-order valence-corrected chi connectivity index (χ1v) is 4.77. The molecule has 0 aliphatic heterocycles. The van der Waals surface area contributed by atoms with Crippen molar-refractivity contribution in [3.63, 3.8) is 0 Å². The maximum atomic E-state index is 8.33. The monoisotopic (exact) mass is 167 g/mol. The Bertz CT molecular complexity index is 93.7. The molecule has 0 heterocycles. The van der Waals surface area contributed by atoms with Crippen molar-refractivity contribution in [2.24, 2.45) is 5.73 Å². The summed E-state index contributed by atoms with van der Waals surface area (Å²) in [6, 6.07) is -0.252. The standard InChI is InChI=1S/C4H13NO4Si/c1-2-4(5)3-9-10(6,7)8/h4,6-8H,2-3,5H2,1H3. The van der Waals surface area contributed by atoms with Crippen LogP contribution in [0.4, 0.5) is 0 Å². The van der Waals surface area contributed by atoms with E-state index in [1.54, 1.807) is 0 Å². The lowest BCUT2D eigenvalue weighted by Crippen LogP contribution is -2.42. The second kappa shape index (κ2) is 4.01. The Balaban J connectivity index is 3.36. The molecule has 0 rings (SSSR count). The number of nitrogens with two attached hydrogens (primary N) is 1. The Morgan fingerprint density at radius 1 is 1.50 bits per heavy atom. The van der Waals surface area contributed by atoms with Gasteiger partial charge >= 0.3 is 9.05 Å². The minimum atomic E-state index is -4.32. The molecule has 0 aromatic heterocycles. The first-order valence-electron chi connectivity index (χ1n) is 3.02. The highest BCUT2D eigenvalue weighted by Crippen LogP contribution is 1.92. The highest BCUT2D eigenvalue weighted by molar-refractivity contribution is 6.48. The fourth-order valence-electron chi connectivity index (χ4n) is 0.337. The van der Waals surface area contributed by atoms with E-state index in [-0.39, 0.29) is 12.6 Å². The Labute approximate surface area is 60.5 Å². The Hall–Kier alpha value is 0.0169. The fraction of sp³-hybridized carbons (Fsp3) is 1.00. The molecule has 0 aromatic carbocycles. The second-order valence-corrected chi connectivity index (χ2v) is 3.49. The van der Waals surface area contributed by atoms with Crippen LogP contribution < -0.4 is 5.73 Å². The van der Waals surface area contributed by atoms with E-state index in [4.69, 9.17) is 20.1 Å². The lowest BCUT2D eigenvalue weighted by atomic mass is 10.3. The van der Waals surface area contributed by atoms with Gasteiger partial charge in [0.05, 0.1) is 6.61 Å². The molecule has 5 N–H and O–H groups in total. The van der Waals surface area contributed by atoms with Gasteiger partial charge in [-0.3, -0.25) is 0 Å². The molecule has 0 aliphatic rings. The summed E-state index contributed by atoms with van der Waals surface area (Å²) in [6.45, 7) is 1.82. The van der Waals surface area contributed by atoms with Gasteiger partial charge in [-0.25, -0.2) is 0 Å². The van der Waals surface area contributed by atoms with Crippen molar-refractivity contribution in [3.05, 3.63) is 0 Å². The normalized spacial score (nSPS) is 15.3. The topological polar surface area (TPSA) is 95.9 Å². The number of hydrogen-bond acceptors (Lipinski definition) is 5. The summed E-state index contributed by atoms with van der Waals surface area (Å²) >= 11 is 0. The first kappa shape index (κ1) is 10.0. The summed E-state index contributed by atoms with van der Waals surface area (Å²) in [4.78, 5) is 25.0. The predicted molar refractivity (Wildman–Crippen MR) is 36.6 cm³/mol. The van der Waals surface area contributed by atoms with Crippen LogP contribution in [0.5, 0.6) is 0 Å². The lowest BCUT2D eigenvalue weighted by molar-refractivity contribution is 0.0576. The van der Waals surface area contributed by atoms with Crippen molar-refractivity contribution in [2.45, 2.75) is 19.4 Å². The van der Waals surface area contributed by atoms with Gasteiger partial charge in [0.2, 0.25) is 0 Å². The lowest BCUT2D eigenvalue weighted by Gasteiger charge is -2.13. The molecule has 0 saturated carbocycles. The van der Waals surface area contributed by atoms with Crippen LogP contribution in [0.2, 0.25) is 0 Å². The number of rotatable bonds is 4. The van der Waals surface area contributed by atoms with Crippen LogP contribution in [-0.4, -0.2) is 36.1 Å². The molecule has 6 heteroatoms. The predicted octanol–water partition coefficient (Wildman–Crippen LogP) is -1.85. The summed E-state index contributed by atoms with van der Waals surface area (Å²) in [5, 5.41) is 0. The molecule has 0 spiro atoms. The third-order valence-corrected chi connectivity index (χ3v) is 1.57. The highest BCUT2D eigenvalue weighted by atomic mass is 28.4. The zero-order chi connectivity index (χ0) is 8.20. The molecular weight excluding hydrogens is 154 g/mol. The van der Waals surface area contributed by atoms with Crippen molar-refractivity contribution in [3.8, 4) is 0 Å². The SMILES string of the molecule is CCC(N)CO[Si](O)(O)O. The van der Waals surface area contributed by atoms with Crippen LogP contribution in [-0.2, 0) is 4.43 Å². The number of hydrogen-bond donors (Lipinski definition) is 4. The van der Waals surface area contributed by atoms with Gasteiger partial charge < -0.3 is 24.5 Å². The van der Waals surface area contributed by atoms with Gasteiger partial charge in [0, 0.05) is 6.04 Å². The maximum absolute atomic E-state index is 8.33. The van der Waals surface area contributed by atoms with Crippen LogP contribution in [0, 0.1) is 0 Å². The molecule has 1 atom stereocenters. The van der Waals surface area contributed by atoms with Crippen LogP contribution in [0.1, 0.15) is 13.3 Å². The van der Waals surface area contributed by atoms with Gasteiger partial charge in [0.1, 0.15) is 0 Å². The van der Waals surface area contributed by atoms with E-state index < -0.39 is 9.05 Å². The van der Waals surface area contributed by atoms with E-state index in [1.165, 1.54) is 0 Å². The van der Waals surface area contributed by atoms with Gasteiger partial charge in [-0.15, -0.1) is 0 Å². The molecular formula is C4H13NO4Si. The van der Waals surface area contributed by atoms with Gasteiger partial charge in [0.25, 0.3) is 0 Å². The molecule has 0 radical (unpaired) electrons. The van der Waals surface area contributed by atoms with E-state index in [9.17, 15) is 0 Å². The molecule has 0 amide bonds. The van der Waals surface area contributed by atoms with Crippen molar-refractivity contribution in [1.82, 2.24) is 0 Å². The largest absolute Gasteiger partial charge is 0.671 e. The van der Waals surface area contributed by atoms with Crippen molar-refractivity contribution >= 4 is 9.05 Å². The third-order valence-electron chi connectivity index (χ3n) is 1.02. The van der Waals surface area contributed by atoms with Crippen LogP contribution >= 0.6 is 0 Å². The average molecular weight is 167 g/mol. The molecule has 0 aromatic rings. The van der Waals surface area contributed by atoms with Gasteiger partial charge in [-0.1, -0.05) is 6.92 Å². The van der Waals surface area contributed by atoms with Crippen molar-refractivity contribution < 1.29 is 18.8 Å². The van der Waals surface area contributed by atoms with Gasteiger partial charge in [-0.05, 0) is 6.42 Å². The minimum absolute atomic E-state index is 0.0216. The molecule has 0 fully saturated rings. The fourth-order valence-corrected chi connectivity index (χ4v) is 0.774. The van der Waals surface area contributed by atoms with Crippen LogP contribution in [0.3, 0.4) is 0 Å². The van der Waals surface area contributed by atoms with E-state index in [0.29, 0.717) is 6.42 Å². The summed E-state index contributed by atoms with van der Waals surface area (Å²) in [5.41, 5.74) is 5.34. The Morgan fingerprint density at radius 3 is 2.30 bits per heavy atom. The Morgan fingerprint density at radius 2 is 2.00 bits per heavy atom. The first-order chi connectivity index (χ1) is 4.45. The zero-order valence-corrected chi connectivity index (χ0v) is 6.82. The highest BCUT2D eigenvalue weighted by Gasteiger charge is 2.30. The second-order valence-electron chi connectivity index (χ2n) is 2.05.